The van der Waals surface area contributed by atoms with Gasteiger partial charge in [-0.05, 0) is 30.3 Å². The van der Waals surface area contributed by atoms with Gasteiger partial charge < -0.3 is 24.7 Å². The van der Waals surface area contributed by atoms with Crippen LogP contribution in [0.3, 0.4) is 0 Å². The molecule has 0 aliphatic carbocycles. The van der Waals surface area contributed by atoms with Crippen LogP contribution in [0.2, 0.25) is 0 Å². The van der Waals surface area contributed by atoms with Gasteiger partial charge in [-0.2, -0.15) is 8.78 Å². The Kier molecular flexibility index (Phi) is 5.87. The maximum atomic E-state index is 12.3. The number of carbonyl (C=O) groups is 1. The van der Waals surface area contributed by atoms with Crippen molar-refractivity contribution in [3.8, 4) is 5.75 Å². The van der Waals surface area contributed by atoms with Gasteiger partial charge in [0.2, 0.25) is 0 Å². The summed E-state index contributed by atoms with van der Waals surface area (Å²) in [6.07, 6.45) is 1.85. The second kappa shape index (κ2) is 8.50. The monoisotopic (exact) mass is 375 g/mol. The number of halogens is 2. The highest BCUT2D eigenvalue weighted by Crippen LogP contribution is 2.26. The summed E-state index contributed by atoms with van der Waals surface area (Å²) in [7, 11) is 1.63. The van der Waals surface area contributed by atoms with Crippen molar-refractivity contribution < 1.29 is 23.0 Å². The molecule has 1 heterocycles. The molecule has 2 amide bonds. The van der Waals surface area contributed by atoms with Crippen molar-refractivity contribution in [2.45, 2.75) is 13.2 Å². The number of hydrogen-bond donors (Lipinski definition) is 2. The molecule has 0 aliphatic rings. The number of carbonyl (C=O) groups excluding carboxylic acids is 1. The first-order valence-corrected chi connectivity index (χ1v) is 8.26. The first-order chi connectivity index (χ1) is 13.1. The molecule has 27 heavy (non-hydrogen) atoms. The highest BCUT2D eigenvalue weighted by molar-refractivity contribution is 6.06. The van der Waals surface area contributed by atoms with Crippen LogP contribution >= 0.6 is 0 Å². The van der Waals surface area contributed by atoms with E-state index in [4.69, 9.17) is 4.74 Å². The van der Waals surface area contributed by atoms with Crippen LogP contribution in [0, 0.1) is 0 Å². The zero-order chi connectivity index (χ0) is 19.2. The quantitative estimate of drug-likeness (QED) is 0.638. The van der Waals surface area contributed by atoms with E-state index in [9.17, 15) is 13.6 Å². The first-order valence-electron chi connectivity index (χ1n) is 8.26. The largest absolute Gasteiger partial charge is 0.435 e. The molecule has 0 atom stereocenters. The third-order valence-electron chi connectivity index (χ3n) is 3.91. The molecule has 2 N–H and O–H groups in total. The number of alkyl halides is 2. The van der Waals surface area contributed by atoms with Gasteiger partial charge in [0.05, 0.1) is 17.8 Å². The van der Waals surface area contributed by atoms with Crippen molar-refractivity contribution in [1.29, 1.82) is 0 Å². The van der Waals surface area contributed by atoms with Crippen molar-refractivity contribution >= 4 is 28.3 Å². The van der Waals surface area contributed by atoms with Crippen LogP contribution < -0.4 is 15.4 Å². The molecule has 3 rings (SSSR count). The highest BCUT2D eigenvalue weighted by Gasteiger charge is 2.11. The van der Waals surface area contributed by atoms with Gasteiger partial charge in [0.1, 0.15) is 5.75 Å². The number of methoxy groups -OCH3 is 1. The number of nitrogens with one attached hydrogen (secondary N) is 2. The number of ether oxygens (including phenoxy) is 2. The van der Waals surface area contributed by atoms with E-state index in [0.29, 0.717) is 24.5 Å². The van der Waals surface area contributed by atoms with E-state index in [0.717, 1.165) is 10.9 Å². The molecule has 6 nitrogen and oxygen atoms in total. The van der Waals surface area contributed by atoms with Crippen molar-refractivity contribution in [2.75, 3.05) is 24.4 Å². The molecule has 0 aliphatic heterocycles. The highest BCUT2D eigenvalue weighted by atomic mass is 19.3. The molecule has 0 saturated heterocycles. The van der Waals surface area contributed by atoms with Crippen molar-refractivity contribution in [2.24, 2.45) is 0 Å². The zero-order valence-electron chi connectivity index (χ0n) is 14.6. The maximum Gasteiger partial charge on any atom is 0.387 e. The summed E-state index contributed by atoms with van der Waals surface area (Å²) < 4.78 is 35.7. The molecule has 0 bridgehead atoms. The van der Waals surface area contributed by atoms with Gasteiger partial charge in [-0.3, -0.25) is 0 Å². The lowest BCUT2D eigenvalue weighted by Gasteiger charge is -2.08. The van der Waals surface area contributed by atoms with Crippen LogP contribution in [0.5, 0.6) is 5.75 Å². The van der Waals surface area contributed by atoms with Gasteiger partial charge in [0.15, 0.2) is 0 Å². The van der Waals surface area contributed by atoms with Crippen LogP contribution in [0.1, 0.15) is 0 Å². The second-order valence-corrected chi connectivity index (χ2v) is 5.73. The zero-order valence-corrected chi connectivity index (χ0v) is 14.6. The predicted octanol–water partition coefficient (Wildman–Crippen LogP) is 4.53. The maximum absolute atomic E-state index is 12.3. The summed E-state index contributed by atoms with van der Waals surface area (Å²) in [5.74, 6) is 0.0252. The molecule has 1 aromatic heterocycles. The smallest absolute Gasteiger partial charge is 0.387 e. The van der Waals surface area contributed by atoms with Gasteiger partial charge in [-0.25, -0.2) is 4.79 Å². The summed E-state index contributed by atoms with van der Waals surface area (Å²) in [6, 6.07) is 13.0. The third-order valence-corrected chi connectivity index (χ3v) is 3.91. The fourth-order valence-corrected chi connectivity index (χ4v) is 2.73. The Morgan fingerprint density at radius 2 is 1.85 bits per heavy atom. The number of amides is 2. The normalized spacial score (nSPS) is 11.0. The van der Waals surface area contributed by atoms with E-state index in [2.05, 4.69) is 15.4 Å². The van der Waals surface area contributed by atoms with Gasteiger partial charge >= 0.3 is 12.6 Å². The molecule has 0 spiro atoms. The minimum atomic E-state index is -2.89. The van der Waals surface area contributed by atoms with Gasteiger partial charge in [-0.15, -0.1) is 0 Å². The van der Waals surface area contributed by atoms with E-state index in [-0.39, 0.29) is 5.75 Å². The Hall–Kier alpha value is -3.13. The lowest BCUT2D eigenvalue weighted by Crippen LogP contribution is -2.19. The van der Waals surface area contributed by atoms with Crippen molar-refractivity contribution in [3.05, 3.63) is 54.7 Å². The molecule has 0 unspecified atom stereocenters. The van der Waals surface area contributed by atoms with Crippen molar-refractivity contribution in [3.63, 3.8) is 0 Å². The van der Waals surface area contributed by atoms with Crippen LogP contribution in [0.4, 0.5) is 25.0 Å². The number of benzene rings is 2. The number of fused-ring (bicyclic) bond motifs is 1. The Balaban J connectivity index is 1.70. The number of anilines is 2. The summed E-state index contributed by atoms with van der Waals surface area (Å²) >= 11 is 0. The van der Waals surface area contributed by atoms with Crippen LogP contribution in [-0.2, 0) is 11.3 Å². The average molecular weight is 375 g/mol. The fourth-order valence-electron chi connectivity index (χ4n) is 2.73. The molecule has 0 fully saturated rings. The van der Waals surface area contributed by atoms with Gasteiger partial charge in [0, 0.05) is 30.9 Å². The lowest BCUT2D eigenvalue weighted by atomic mass is 10.2. The summed E-state index contributed by atoms with van der Waals surface area (Å²) in [5, 5.41) is 6.38. The number of urea groups is 1. The Labute approximate surface area is 154 Å². The minimum absolute atomic E-state index is 0.0252. The standard InChI is InChI=1S/C19H19F2N3O3/c1-26-11-10-24-12-16(15-4-2-3-5-17(15)24)23-19(25)22-13-6-8-14(9-7-13)27-18(20)21/h2-9,12,18H,10-11H2,1H3,(H2,22,23,25). The molecule has 0 radical (unpaired) electrons. The lowest BCUT2D eigenvalue weighted by molar-refractivity contribution is -0.0498. The van der Waals surface area contributed by atoms with E-state index in [1.165, 1.54) is 24.3 Å². The summed E-state index contributed by atoms with van der Waals surface area (Å²) in [6.45, 7) is -1.67. The SMILES string of the molecule is COCCn1cc(NC(=O)Nc2ccc(OC(F)F)cc2)c2ccccc21. The van der Waals surface area contributed by atoms with Crippen molar-refractivity contribution in [1.82, 2.24) is 4.57 Å². The Morgan fingerprint density at radius 1 is 1.11 bits per heavy atom. The van der Waals surface area contributed by atoms with Gasteiger partial charge in [-0.1, -0.05) is 18.2 Å². The summed E-state index contributed by atoms with van der Waals surface area (Å²) in [4.78, 5) is 12.3. The van der Waals surface area contributed by atoms with E-state index >= 15 is 0 Å². The molecule has 0 saturated carbocycles. The minimum Gasteiger partial charge on any atom is -0.435 e. The fraction of sp³-hybridized carbons (Fsp3) is 0.211. The predicted molar refractivity (Wildman–Crippen MR) is 99.5 cm³/mol. The van der Waals surface area contributed by atoms with Crippen LogP contribution in [0.25, 0.3) is 10.9 Å². The number of para-hydroxylation sites is 1. The second-order valence-electron chi connectivity index (χ2n) is 5.73. The molecule has 142 valence electrons. The van der Waals surface area contributed by atoms with E-state index in [1.807, 2.05) is 35.0 Å². The number of aromatic nitrogens is 1. The molecule has 2 aromatic carbocycles. The summed E-state index contributed by atoms with van der Waals surface area (Å²) in [5.41, 5.74) is 2.10. The van der Waals surface area contributed by atoms with E-state index < -0.39 is 12.6 Å². The number of nitrogens with zero attached hydrogens (tertiary/aromatic N) is 1. The topological polar surface area (TPSA) is 64.5 Å². The Morgan fingerprint density at radius 3 is 2.56 bits per heavy atom. The number of rotatable bonds is 7. The first kappa shape index (κ1) is 18.7. The average Bonchev–Trinajstić information content (AvgIpc) is 2.99. The van der Waals surface area contributed by atoms with Gasteiger partial charge in [0.25, 0.3) is 0 Å². The molecule has 8 heteroatoms. The number of hydrogen-bond acceptors (Lipinski definition) is 3. The molecular formula is C19H19F2N3O3. The van der Waals surface area contributed by atoms with E-state index in [1.54, 1.807) is 7.11 Å². The van der Waals surface area contributed by atoms with Crippen LogP contribution in [0.15, 0.2) is 54.7 Å². The Bertz CT molecular complexity index is 910. The third kappa shape index (κ3) is 4.73. The molecular weight excluding hydrogens is 356 g/mol. The molecule has 3 aromatic rings. The van der Waals surface area contributed by atoms with Crippen LogP contribution in [-0.4, -0.2) is 30.9 Å².